The van der Waals surface area contributed by atoms with E-state index in [4.69, 9.17) is 4.74 Å². The third-order valence-corrected chi connectivity index (χ3v) is 4.03. The molecule has 1 aromatic carbocycles. The number of rotatable bonds is 5. The van der Waals surface area contributed by atoms with Crippen molar-refractivity contribution in [1.29, 1.82) is 0 Å². The van der Waals surface area contributed by atoms with Crippen LogP contribution in [-0.2, 0) is 9.53 Å². The van der Waals surface area contributed by atoms with Crippen molar-refractivity contribution >= 4 is 5.97 Å². The Morgan fingerprint density at radius 3 is 2.38 bits per heavy atom. The molecule has 2 rings (SSSR count). The third-order valence-electron chi connectivity index (χ3n) is 4.03. The van der Waals surface area contributed by atoms with Gasteiger partial charge in [0.25, 0.3) is 12.1 Å². The fourth-order valence-electron chi connectivity index (χ4n) is 3.05. The molecule has 6 nitrogen and oxygen atoms in total. The summed E-state index contributed by atoms with van der Waals surface area (Å²) >= 11 is 0. The molecule has 0 spiro atoms. The lowest BCUT2D eigenvalue weighted by atomic mass is 9.82. The largest absolute Gasteiger partial charge is 0.460 e. The maximum absolute atomic E-state index is 13.5. The minimum absolute atomic E-state index is 0.0186. The van der Waals surface area contributed by atoms with Gasteiger partial charge in [-0.05, 0) is 33.3 Å². The number of nitro groups is 1. The molecule has 0 aromatic heterocycles. The predicted molar refractivity (Wildman–Crippen MR) is 90.9 cm³/mol. The smallest absolute Gasteiger partial charge is 0.337 e. The van der Waals surface area contributed by atoms with E-state index >= 15 is 0 Å². The van der Waals surface area contributed by atoms with Gasteiger partial charge in [-0.2, -0.15) is 0 Å². The standard InChI is InChI=1S/C18H20F2N2O4/c1-9(2)26-18(23)14-10(3)21-11(4)16(22(24)25)15(14)12-7-5-6-8-13(12)17(19)20/h5-9,15,17,21H,1-4H3/t15-/m0/s1. The number of benzene rings is 1. The van der Waals surface area contributed by atoms with Crippen LogP contribution in [0.15, 0.2) is 46.9 Å². The van der Waals surface area contributed by atoms with Crippen molar-refractivity contribution in [2.75, 3.05) is 0 Å². The molecule has 0 fully saturated rings. The van der Waals surface area contributed by atoms with Gasteiger partial charge in [0.2, 0.25) is 0 Å². The first-order valence-corrected chi connectivity index (χ1v) is 8.06. The second-order valence-electron chi connectivity index (χ2n) is 6.25. The van der Waals surface area contributed by atoms with Gasteiger partial charge in [0.15, 0.2) is 0 Å². The number of carbonyl (C=O) groups excluding carboxylic acids is 1. The number of dihydropyridines is 1. The Morgan fingerprint density at radius 1 is 1.23 bits per heavy atom. The highest BCUT2D eigenvalue weighted by Crippen LogP contribution is 2.42. The Hall–Kier alpha value is -2.77. The fourth-order valence-corrected chi connectivity index (χ4v) is 3.05. The first-order chi connectivity index (χ1) is 12.1. The summed E-state index contributed by atoms with van der Waals surface area (Å²) in [5.41, 5.74) is -0.182. The zero-order valence-electron chi connectivity index (χ0n) is 14.9. The summed E-state index contributed by atoms with van der Waals surface area (Å²) in [4.78, 5) is 23.6. The Kier molecular flexibility index (Phi) is 5.74. The average molecular weight is 366 g/mol. The van der Waals surface area contributed by atoms with E-state index in [9.17, 15) is 23.7 Å². The van der Waals surface area contributed by atoms with Gasteiger partial charge >= 0.3 is 5.97 Å². The average Bonchev–Trinajstić information content (AvgIpc) is 2.52. The Morgan fingerprint density at radius 2 is 1.85 bits per heavy atom. The van der Waals surface area contributed by atoms with E-state index in [0.717, 1.165) is 0 Å². The molecule has 1 aromatic rings. The van der Waals surface area contributed by atoms with E-state index in [0.29, 0.717) is 5.70 Å². The number of nitrogens with one attached hydrogen (secondary N) is 1. The number of alkyl halides is 2. The molecule has 26 heavy (non-hydrogen) atoms. The maximum atomic E-state index is 13.5. The van der Waals surface area contributed by atoms with E-state index in [1.54, 1.807) is 20.8 Å². The normalized spacial score (nSPS) is 17.6. The summed E-state index contributed by atoms with van der Waals surface area (Å²) in [6.07, 6.45) is -3.29. The summed E-state index contributed by atoms with van der Waals surface area (Å²) in [5, 5.41) is 14.5. The maximum Gasteiger partial charge on any atom is 0.337 e. The van der Waals surface area contributed by atoms with E-state index in [2.05, 4.69) is 5.32 Å². The molecular weight excluding hydrogens is 346 g/mol. The highest BCUT2D eigenvalue weighted by molar-refractivity contribution is 5.92. The van der Waals surface area contributed by atoms with Crippen molar-refractivity contribution in [2.24, 2.45) is 0 Å². The van der Waals surface area contributed by atoms with Crippen molar-refractivity contribution in [3.8, 4) is 0 Å². The number of halogens is 2. The van der Waals surface area contributed by atoms with Crippen molar-refractivity contribution in [1.82, 2.24) is 5.32 Å². The topological polar surface area (TPSA) is 81.5 Å². The van der Waals surface area contributed by atoms with Crippen molar-refractivity contribution < 1.29 is 23.2 Å². The number of ether oxygens (including phenoxy) is 1. The van der Waals surface area contributed by atoms with Gasteiger partial charge in [-0.3, -0.25) is 10.1 Å². The number of hydrogen-bond donors (Lipinski definition) is 1. The van der Waals surface area contributed by atoms with E-state index in [1.807, 2.05) is 0 Å². The van der Waals surface area contributed by atoms with Crippen molar-refractivity contribution in [3.05, 3.63) is 68.2 Å². The molecule has 0 aliphatic carbocycles. The first kappa shape index (κ1) is 19.6. The lowest BCUT2D eigenvalue weighted by Gasteiger charge is -2.28. The highest BCUT2D eigenvalue weighted by Gasteiger charge is 2.42. The van der Waals surface area contributed by atoms with Crippen LogP contribution in [0.3, 0.4) is 0 Å². The lowest BCUT2D eigenvalue weighted by Crippen LogP contribution is -2.32. The van der Waals surface area contributed by atoms with Gasteiger partial charge in [-0.1, -0.05) is 24.3 Å². The fraction of sp³-hybridized carbons (Fsp3) is 0.389. The second kappa shape index (κ2) is 7.63. The number of hydrogen-bond acceptors (Lipinski definition) is 5. The van der Waals surface area contributed by atoms with Crippen molar-refractivity contribution in [2.45, 2.75) is 46.1 Å². The molecule has 8 heteroatoms. The van der Waals surface area contributed by atoms with Crippen LogP contribution < -0.4 is 5.32 Å². The van der Waals surface area contributed by atoms with Crippen molar-refractivity contribution in [3.63, 3.8) is 0 Å². The molecular formula is C18H20F2N2O4. The summed E-state index contributed by atoms with van der Waals surface area (Å²) in [6, 6.07) is 5.52. The second-order valence-corrected chi connectivity index (χ2v) is 6.25. The van der Waals surface area contributed by atoms with Crippen LogP contribution in [0, 0.1) is 10.1 Å². The summed E-state index contributed by atoms with van der Waals surface area (Å²) in [5.74, 6) is -2.02. The Bertz CT molecular complexity index is 800. The molecule has 0 unspecified atom stereocenters. The van der Waals surface area contributed by atoms with Crippen LogP contribution >= 0.6 is 0 Å². The lowest BCUT2D eigenvalue weighted by molar-refractivity contribution is -0.431. The van der Waals surface area contributed by atoms with E-state index in [1.165, 1.54) is 31.2 Å². The summed E-state index contributed by atoms with van der Waals surface area (Å²) in [7, 11) is 0. The zero-order chi connectivity index (χ0) is 19.6. The van der Waals surface area contributed by atoms with Crippen LogP contribution in [0.4, 0.5) is 8.78 Å². The molecule has 1 aliphatic rings. The SMILES string of the molecule is CC1=C(C(=O)OC(C)C)[C@H](c2ccccc2C(F)F)C([N+](=O)[O-])=C(C)N1. The van der Waals surface area contributed by atoms with Crippen LogP contribution in [0.1, 0.15) is 51.2 Å². The van der Waals surface area contributed by atoms with E-state index < -0.39 is 29.3 Å². The first-order valence-electron chi connectivity index (χ1n) is 8.06. The number of nitrogens with zero attached hydrogens (tertiary/aromatic N) is 1. The highest BCUT2D eigenvalue weighted by atomic mass is 19.3. The van der Waals surface area contributed by atoms with Gasteiger partial charge in [0.1, 0.15) is 5.92 Å². The van der Waals surface area contributed by atoms with Crippen LogP contribution in [-0.4, -0.2) is 17.0 Å². The summed E-state index contributed by atoms with van der Waals surface area (Å²) < 4.78 is 32.2. The number of esters is 1. The van der Waals surface area contributed by atoms with Gasteiger partial charge in [-0.25, -0.2) is 13.6 Å². The Labute approximate surface area is 149 Å². The van der Waals surface area contributed by atoms with Gasteiger partial charge in [0.05, 0.1) is 22.3 Å². The molecule has 1 N–H and O–H groups in total. The zero-order valence-corrected chi connectivity index (χ0v) is 14.9. The monoisotopic (exact) mass is 366 g/mol. The third kappa shape index (κ3) is 3.74. The molecule has 140 valence electrons. The minimum atomic E-state index is -2.84. The minimum Gasteiger partial charge on any atom is -0.460 e. The predicted octanol–water partition coefficient (Wildman–Crippen LogP) is 4.04. The number of allylic oxidation sites excluding steroid dienone is 3. The van der Waals surface area contributed by atoms with Crippen LogP contribution in [0.2, 0.25) is 0 Å². The van der Waals surface area contributed by atoms with Gasteiger partial charge in [0, 0.05) is 11.3 Å². The van der Waals surface area contributed by atoms with Gasteiger partial charge in [-0.15, -0.1) is 0 Å². The van der Waals surface area contributed by atoms with Crippen LogP contribution in [0.25, 0.3) is 0 Å². The van der Waals surface area contributed by atoms with Crippen LogP contribution in [0.5, 0.6) is 0 Å². The molecule has 1 atom stereocenters. The van der Waals surface area contributed by atoms with Gasteiger partial charge < -0.3 is 10.1 Å². The molecule has 0 amide bonds. The number of carbonyl (C=O) groups is 1. The molecule has 0 radical (unpaired) electrons. The quantitative estimate of drug-likeness (QED) is 0.483. The molecule has 0 saturated heterocycles. The molecule has 1 aliphatic heterocycles. The summed E-state index contributed by atoms with van der Waals surface area (Å²) in [6.45, 7) is 6.32. The molecule has 0 saturated carbocycles. The molecule has 0 bridgehead atoms. The molecule has 1 heterocycles. The Balaban J connectivity index is 2.73. The van der Waals surface area contributed by atoms with E-state index in [-0.39, 0.29) is 28.1 Å².